The molecule has 9 heteroatoms. The lowest BCUT2D eigenvalue weighted by Crippen LogP contribution is -2.07. The van der Waals surface area contributed by atoms with Gasteiger partial charge in [0.25, 0.3) is 0 Å². The van der Waals surface area contributed by atoms with Gasteiger partial charge in [-0.25, -0.2) is 4.68 Å². The Bertz CT molecular complexity index is 997. The SMILES string of the molecule is CS(=O)c1ccc(-c2cc(C(F)(F)F)nn2-c2ccc(NCC=O)cc2)cc1. The number of aromatic nitrogens is 2. The van der Waals surface area contributed by atoms with Crippen LogP contribution in [-0.4, -0.2) is 33.1 Å². The van der Waals surface area contributed by atoms with Gasteiger partial charge in [0.05, 0.1) is 17.9 Å². The number of nitrogens with one attached hydrogen (secondary N) is 1. The second-order valence-electron chi connectivity index (χ2n) is 5.90. The van der Waals surface area contributed by atoms with Crippen molar-refractivity contribution in [1.29, 1.82) is 0 Å². The molecule has 0 saturated carbocycles. The molecule has 0 aliphatic rings. The molecule has 0 bridgehead atoms. The molecule has 0 radical (unpaired) electrons. The Kier molecular flexibility index (Phi) is 5.64. The average Bonchev–Trinajstić information content (AvgIpc) is 3.13. The van der Waals surface area contributed by atoms with E-state index < -0.39 is 22.7 Å². The molecule has 0 amide bonds. The molecule has 1 heterocycles. The summed E-state index contributed by atoms with van der Waals surface area (Å²) in [5.74, 6) is 0. The van der Waals surface area contributed by atoms with Gasteiger partial charge in [0, 0.05) is 33.2 Å². The van der Waals surface area contributed by atoms with Crippen LogP contribution in [0.25, 0.3) is 16.9 Å². The van der Waals surface area contributed by atoms with Crippen LogP contribution in [0.15, 0.2) is 59.5 Å². The van der Waals surface area contributed by atoms with Crippen LogP contribution < -0.4 is 5.32 Å². The van der Waals surface area contributed by atoms with Gasteiger partial charge in [-0.1, -0.05) is 12.1 Å². The molecule has 1 unspecified atom stereocenters. The van der Waals surface area contributed by atoms with Gasteiger partial charge in [-0.05, 0) is 42.5 Å². The van der Waals surface area contributed by atoms with E-state index in [1.165, 1.54) is 10.9 Å². The number of rotatable bonds is 6. The quantitative estimate of drug-likeness (QED) is 0.630. The molecule has 0 saturated heterocycles. The van der Waals surface area contributed by atoms with Gasteiger partial charge in [0.1, 0.15) is 6.29 Å². The highest BCUT2D eigenvalue weighted by Gasteiger charge is 2.35. The number of hydrogen-bond donors (Lipinski definition) is 1. The lowest BCUT2D eigenvalue weighted by atomic mass is 10.1. The molecular weight excluding hydrogens is 391 g/mol. The van der Waals surface area contributed by atoms with Crippen LogP contribution in [0.1, 0.15) is 5.69 Å². The summed E-state index contributed by atoms with van der Waals surface area (Å²) in [6, 6.07) is 14.0. The molecule has 0 fully saturated rings. The minimum atomic E-state index is -4.59. The Hall–Kier alpha value is -2.94. The Morgan fingerprint density at radius 2 is 1.75 bits per heavy atom. The molecule has 3 rings (SSSR count). The maximum absolute atomic E-state index is 13.2. The van der Waals surface area contributed by atoms with Crippen LogP contribution in [-0.2, 0) is 21.8 Å². The molecule has 2 aromatic carbocycles. The van der Waals surface area contributed by atoms with Gasteiger partial charge in [-0.15, -0.1) is 0 Å². The molecule has 28 heavy (non-hydrogen) atoms. The van der Waals surface area contributed by atoms with E-state index >= 15 is 0 Å². The molecule has 1 atom stereocenters. The predicted molar refractivity (Wildman–Crippen MR) is 101 cm³/mol. The average molecular weight is 407 g/mol. The second kappa shape index (κ2) is 7.97. The van der Waals surface area contributed by atoms with Gasteiger partial charge in [-0.2, -0.15) is 18.3 Å². The van der Waals surface area contributed by atoms with E-state index in [-0.39, 0.29) is 12.2 Å². The summed E-state index contributed by atoms with van der Waals surface area (Å²) < 4.78 is 52.4. The van der Waals surface area contributed by atoms with Crippen molar-refractivity contribution in [3.8, 4) is 16.9 Å². The van der Waals surface area contributed by atoms with Crippen LogP contribution in [0, 0.1) is 0 Å². The van der Waals surface area contributed by atoms with Crippen molar-refractivity contribution in [3.63, 3.8) is 0 Å². The summed E-state index contributed by atoms with van der Waals surface area (Å²) in [6.45, 7) is 0.135. The third-order valence-electron chi connectivity index (χ3n) is 3.98. The number of anilines is 1. The van der Waals surface area contributed by atoms with Crippen molar-refractivity contribution >= 4 is 22.8 Å². The lowest BCUT2D eigenvalue weighted by molar-refractivity contribution is -0.141. The predicted octanol–water partition coefficient (Wildman–Crippen LogP) is 3.91. The van der Waals surface area contributed by atoms with Crippen LogP contribution >= 0.6 is 0 Å². The molecule has 0 spiro atoms. The summed E-state index contributed by atoms with van der Waals surface area (Å²) >= 11 is 0. The summed E-state index contributed by atoms with van der Waals surface area (Å²) in [4.78, 5) is 11.0. The number of carbonyl (C=O) groups is 1. The molecular formula is C19H16F3N3O2S. The normalized spacial score (nSPS) is 12.6. The first kappa shape index (κ1) is 19.8. The van der Waals surface area contributed by atoms with Crippen LogP contribution in [0.5, 0.6) is 0 Å². The zero-order valence-electron chi connectivity index (χ0n) is 14.7. The monoisotopic (exact) mass is 407 g/mol. The smallest absolute Gasteiger partial charge is 0.378 e. The first-order valence-electron chi connectivity index (χ1n) is 8.18. The highest BCUT2D eigenvalue weighted by molar-refractivity contribution is 7.84. The molecule has 146 valence electrons. The number of nitrogens with zero attached hydrogens (tertiary/aromatic N) is 2. The minimum absolute atomic E-state index is 0.135. The fraction of sp³-hybridized carbons (Fsp3) is 0.158. The summed E-state index contributed by atoms with van der Waals surface area (Å²) in [5.41, 5.74) is 0.865. The van der Waals surface area contributed by atoms with Crippen LogP contribution in [0.4, 0.5) is 18.9 Å². The second-order valence-corrected chi connectivity index (χ2v) is 7.28. The van der Waals surface area contributed by atoms with Gasteiger partial charge in [0.2, 0.25) is 0 Å². The van der Waals surface area contributed by atoms with Gasteiger partial charge in [0.15, 0.2) is 5.69 Å². The molecule has 1 aromatic heterocycles. The summed E-state index contributed by atoms with van der Waals surface area (Å²) in [7, 11) is -1.18. The highest BCUT2D eigenvalue weighted by atomic mass is 32.2. The Morgan fingerprint density at radius 1 is 1.11 bits per heavy atom. The minimum Gasteiger partial charge on any atom is -0.378 e. The first-order valence-corrected chi connectivity index (χ1v) is 9.74. The van der Waals surface area contributed by atoms with Crippen LogP contribution in [0.2, 0.25) is 0 Å². The third-order valence-corrected chi connectivity index (χ3v) is 4.92. The third kappa shape index (κ3) is 4.30. The Labute approximate surface area is 161 Å². The van der Waals surface area contributed by atoms with Crippen molar-refractivity contribution in [2.24, 2.45) is 0 Å². The summed E-state index contributed by atoms with van der Waals surface area (Å²) in [5, 5.41) is 6.59. The molecule has 1 N–H and O–H groups in total. The van der Waals surface area contributed by atoms with E-state index in [1.54, 1.807) is 48.5 Å². The van der Waals surface area contributed by atoms with Crippen molar-refractivity contribution in [2.45, 2.75) is 11.1 Å². The van der Waals surface area contributed by atoms with Crippen molar-refractivity contribution in [2.75, 3.05) is 18.1 Å². The largest absolute Gasteiger partial charge is 0.435 e. The molecule has 0 aliphatic heterocycles. The molecule has 5 nitrogen and oxygen atoms in total. The van der Waals surface area contributed by atoms with Crippen LogP contribution in [0.3, 0.4) is 0 Å². The highest BCUT2D eigenvalue weighted by Crippen LogP contribution is 2.33. The maximum Gasteiger partial charge on any atom is 0.435 e. The number of halogens is 3. The summed E-state index contributed by atoms with van der Waals surface area (Å²) in [6.07, 6.45) is -2.35. The van der Waals surface area contributed by atoms with E-state index in [0.29, 0.717) is 28.1 Å². The van der Waals surface area contributed by atoms with E-state index in [1.807, 2.05) is 0 Å². The van der Waals surface area contributed by atoms with Crippen molar-refractivity contribution in [3.05, 3.63) is 60.3 Å². The number of aldehydes is 1. The van der Waals surface area contributed by atoms with Gasteiger partial charge >= 0.3 is 6.18 Å². The zero-order valence-corrected chi connectivity index (χ0v) is 15.6. The fourth-order valence-electron chi connectivity index (χ4n) is 2.62. The Balaban J connectivity index is 2.05. The van der Waals surface area contributed by atoms with Crippen molar-refractivity contribution in [1.82, 2.24) is 9.78 Å². The van der Waals surface area contributed by atoms with Crippen molar-refractivity contribution < 1.29 is 22.2 Å². The molecule has 0 aliphatic carbocycles. The zero-order chi connectivity index (χ0) is 20.3. The van der Waals surface area contributed by atoms with Gasteiger partial charge in [-0.3, -0.25) is 4.21 Å². The fourth-order valence-corrected chi connectivity index (χ4v) is 3.14. The van der Waals surface area contributed by atoms with E-state index in [9.17, 15) is 22.2 Å². The lowest BCUT2D eigenvalue weighted by Gasteiger charge is -2.09. The number of hydrogen-bond acceptors (Lipinski definition) is 4. The standard InChI is InChI=1S/C19H16F3N3O2S/c1-28(27)16-8-2-13(3-9-16)17-12-18(19(20,21)22)24-25(17)15-6-4-14(5-7-15)23-10-11-26/h2-9,11-12,23H,10H2,1H3. The Morgan fingerprint density at radius 3 is 2.29 bits per heavy atom. The maximum atomic E-state index is 13.2. The number of alkyl halides is 3. The van der Waals surface area contributed by atoms with E-state index in [0.717, 1.165) is 6.07 Å². The number of benzene rings is 2. The van der Waals surface area contributed by atoms with Gasteiger partial charge < -0.3 is 10.1 Å². The molecule has 3 aromatic rings. The number of carbonyl (C=O) groups excluding carboxylic acids is 1. The van der Waals surface area contributed by atoms with E-state index in [2.05, 4.69) is 10.4 Å². The first-order chi connectivity index (χ1) is 13.3. The topological polar surface area (TPSA) is 64.0 Å². The van der Waals surface area contributed by atoms with E-state index in [4.69, 9.17) is 0 Å².